The molecule has 0 aromatic heterocycles. The van der Waals surface area contributed by atoms with E-state index in [-0.39, 0.29) is 0 Å². The molecule has 0 spiro atoms. The van der Waals surface area contributed by atoms with Crippen LogP contribution in [0.1, 0.15) is 26.2 Å². The number of rotatable bonds is 1. The third kappa shape index (κ3) is 3.57. The lowest BCUT2D eigenvalue weighted by atomic mass is 10.2. The predicted molar refractivity (Wildman–Crippen MR) is 53.8 cm³/mol. The standard InChI is InChI=1S/C10H13Br/c1-9(11)8-10-6-4-2-3-5-7-10/h4,6-8H,2-3,5H2,1H3/b9-8-. The Kier molecular flexibility index (Phi) is 3.64. The van der Waals surface area contributed by atoms with Crippen molar-refractivity contribution in [2.45, 2.75) is 26.2 Å². The topological polar surface area (TPSA) is 0 Å². The number of hydrogen-bond donors (Lipinski definition) is 0. The van der Waals surface area contributed by atoms with Gasteiger partial charge in [0.25, 0.3) is 0 Å². The van der Waals surface area contributed by atoms with E-state index in [4.69, 9.17) is 0 Å². The summed E-state index contributed by atoms with van der Waals surface area (Å²) in [4.78, 5) is 0. The Bertz CT molecular complexity index is 205. The summed E-state index contributed by atoms with van der Waals surface area (Å²) in [5, 5.41) is 0. The Balaban J connectivity index is 2.68. The second kappa shape index (κ2) is 4.55. The fraction of sp³-hybridized carbons (Fsp3) is 0.400. The zero-order chi connectivity index (χ0) is 8.10. The Labute approximate surface area is 76.8 Å². The van der Waals surface area contributed by atoms with Gasteiger partial charge in [-0.15, -0.1) is 0 Å². The van der Waals surface area contributed by atoms with Crippen molar-refractivity contribution in [3.05, 3.63) is 34.4 Å². The second-order valence-corrected chi connectivity index (χ2v) is 4.02. The van der Waals surface area contributed by atoms with E-state index >= 15 is 0 Å². The molecule has 1 rings (SSSR count). The van der Waals surface area contributed by atoms with E-state index in [1.165, 1.54) is 29.3 Å². The molecular weight excluding hydrogens is 200 g/mol. The van der Waals surface area contributed by atoms with Crippen LogP contribution in [0.4, 0.5) is 0 Å². The minimum Gasteiger partial charge on any atom is -0.0839 e. The van der Waals surface area contributed by atoms with Gasteiger partial charge in [0, 0.05) is 0 Å². The van der Waals surface area contributed by atoms with Crippen LogP contribution in [0.5, 0.6) is 0 Å². The van der Waals surface area contributed by atoms with E-state index in [1.54, 1.807) is 0 Å². The van der Waals surface area contributed by atoms with Crippen molar-refractivity contribution < 1.29 is 0 Å². The summed E-state index contributed by atoms with van der Waals surface area (Å²) in [6.45, 7) is 2.06. The van der Waals surface area contributed by atoms with Gasteiger partial charge in [0.15, 0.2) is 0 Å². The molecule has 0 aromatic rings. The van der Waals surface area contributed by atoms with Crippen LogP contribution in [-0.4, -0.2) is 0 Å². The number of allylic oxidation sites excluding steroid dienone is 6. The van der Waals surface area contributed by atoms with Crippen molar-refractivity contribution in [1.29, 1.82) is 0 Å². The summed E-state index contributed by atoms with van der Waals surface area (Å²) in [7, 11) is 0. The fourth-order valence-corrected chi connectivity index (χ4v) is 1.39. The summed E-state index contributed by atoms with van der Waals surface area (Å²) in [5.74, 6) is 0. The summed E-state index contributed by atoms with van der Waals surface area (Å²) >= 11 is 3.42. The molecule has 11 heavy (non-hydrogen) atoms. The molecule has 60 valence electrons. The van der Waals surface area contributed by atoms with Crippen molar-refractivity contribution in [3.63, 3.8) is 0 Å². The lowest BCUT2D eigenvalue weighted by Crippen LogP contribution is -1.70. The minimum atomic E-state index is 1.19. The van der Waals surface area contributed by atoms with Crippen molar-refractivity contribution in [2.75, 3.05) is 0 Å². The molecule has 0 unspecified atom stereocenters. The first-order chi connectivity index (χ1) is 5.29. The van der Waals surface area contributed by atoms with E-state index in [1.807, 2.05) is 0 Å². The quantitative estimate of drug-likeness (QED) is 0.618. The molecule has 0 amide bonds. The Morgan fingerprint density at radius 3 is 3.09 bits per heavy atom. The van der Waals surface area contributed by atoms with Crippen LogP contribution in [0.2, 0.25) is 0 Å². The first-order valence-electron chi connectivity index (χ1n) is 3.99. The largest absolute Gasteiger partial charge is 0.0839 e. The monoisotopic (exact) mass is 212 g/mol. The van der Waals surface area contributed by atoms with Crippen LogP contribution in [0.3, 0.4) is 0 Å². The van der Waals surface area contributed by atoms with Crippen LogP contribution in [0, 0.1) is 0 Å². The molecule has 0 atom stereocenters. The molecule has 0 N–H and O–H groups in total. The summed E-state index contributed by atoms with van der Waals surface area (Å²) in [6.07, 6.45) is 12.6. The molecule has 0 bridgehead atoms. The van der Waals surface area contributed by atoms with Gasteiger partial charge in [0.05, 0.1) is 0 Å². The smallest absolute Gasteiger partial charge is 0.00746 e. The molecule has 0 saturated heterocycles. The molecule has 0 aliphatic heterocycles. The van der Waals surface area contributed by atoms with E-state index in [9.17, 15) is 0 Å². The van der Waals surface area contributed by atoms with Gasteiger partial charge >= 0.3 is 0 Å². The normalized spacial score (nSPS) is 19.5. The number of hydrogen-bond acceptors (Lipinski definition) is 0. The van der Waals surface area contributed by atoms with Gasteiger partial charge in [-0.2, -0.15) is 0 Å². The highest BCUT2D eigenvalue weighted by Gasteiger charge is 1.92. The summed E-state index contributed by atoms with van der Waals surface area (Å²) < 4.78 is 1.19. The lowest BCUT2D eigenvalue weighted by molar-refractivity contribution is 0.875. The molecule has 0 fully saturated rings. The highest BCUT2D eigenvalue weighted by atomic mass is 79.9. The first-order valence-corrected chi connectivity index (χ1v) is 4.79. The maximum Gasteiger partial charge on any atom is -0.00746 e. The third-order valence-electron chi connectivity index (χ3n) is 1.63. The first kappa shape index (κ1) is 8.79. The molecule has 0 radical (unpaired) electrons. The van der Waals surface area contributed by atoms with E-state index in [0.717, 1.165) is 0 Å². The van der Waals surface area contributed by atoms with Crippen LogP contribution in [-0.2, 0) is 0 Å². The average Bonchev–Trinajstić information content (AvgIpc) is 2.14. The lowest BCUT2D eigenvalue weighted by Gasteiger charge is -1.91. The third-order valence-corrected chi connectivity index (χ3v) is 1.86. The Morgan fingerprint density at radius 1 is 1.55 bits per heavy atom. The molecule has 0 aromatic carbocycles. The number of halogens is 1. The van der Waals surface area contributed by atoms with Crippen molar-refractivity contribution in [3.8, 4) is 0 Å². The van der Waals surface area contributed by atoms with Gasteiger partial charge in [0.1, 0.15) is 0 Å². The van der Waals surface area contributed by atoms with E-state index < -0.39 is 0 Å². The maximum absolute atomic E-state index is 3.42. The minimum absolute atomic E-state index is 1.19. The molecule has 0 nitrogen and oxygen atoms in total. The van der Waals surface area contributed by atoms with Gasteiger partial charge in [-0.05, 0) is 42.3 Å². The fourth-order valence-electron chi connectivity index (χ4n) is 1.13. The van der Waals surface area contributed by atoms with E-state index in [0.29, 0.717) is 0 Å². The molecule has 0 saturated carbocycles. The molecule has 1 heteroatoms. The van der Waals surface area contributed by atoms with E-state index in [2.05, 4.69) is 47.2 Å². The van der Waals surface area contributed by atoms with Crippen LogP contribution >= 0.6 is 15.9 Å². The van der Waals surface area contributed by atoms with Crippen LogP contribution in [0.25, 0.3) is 0 Å². The van der Waals surface area contributed by atoms with Crippen LogP contribution in [0.15, 0.2) is 34.4 Å². The molecule has 0 heterocycles. The highest BCUT2D eigenvalue weighted by molar-refractivity contribution is 9.11. The van der Waals surface area contributed by atoms with Crippen LogP contribution < -0.4 is 0 Å². The average molecular weight is 213 g/mol. The predicted octanol–water partition coefficient (Wildman–Crippen LogP) is 3.95. The van der Waals surface area contributed by atoms with Gasteiger partial charge in [-0.3, -0.25) is 0 Å². The van der Waals surface area contributed by atoms with Crippen molar-refractivity contribution >= 4 is 15.9 Å². The summed E-state index contributed by atoms with van der Waals surface area (Å²) in [5.41, 5.74) is 1.33. The van der Waals surface area contributed by atoms with Gasteiger partial charge in [0.2, 0.25) is 0 Å². The summed E-state index contributed by atoms with van der Waals surface area (Å²) in [6, 6.07) is 0. The molecule has 1 aliphatic rings. The second-order valence-electron chi connectivity index (χ2n) is 2.77. The maximum atomic E-state index is 3.42. The van der Waals surface area contributed by atoms with Gasteiger partial charge < -0.3 is 0 Å². The molecular formula is C10H13Br. The Hall–Kier alpha value is -0.300. The highest BCUT2D eigenvalue weighted by Crippen LogP contribution is 2.14. The Morgan fingerprint density at radius 2 is 2.36 bits per heavy atom. The van der Waals surface area contributed by atoms with Gasteiger partial charge in [-0.25, -0.2) is 0 Å². The zero-order valence-corrected chi connectivity index (χ0v) is 8.39. The SMILES string of the molecule is C/C(Br)=C/C1=CCCCC=C1. The van der Waals surface area contributed by atoms with Crippen molar-refractivity contribution in [1.82, 2.24) is 0 Å². The van der Waals surface area contributed by atoms with Crippen molar-refractivity contribution in [2.24, 2.45) is 0 Å². The zero-order valence-electron chi connectivity index (χ0n) is 6.81. The molecule has 1 aliphatic carbocycles. The van der Waals surface area contributed by atoms with Gasteiger partial charge in [-0.1, -0.05) is 34.2 Å².